The summed E-state index contributed by atoms with van der Waals surface area (Å²) in [4.78, 5) is 16.0. The summed E-state index contributed by atoms with van der Waals surface area (Å²) in [6.45, 7) is 73.1. The third-order valence-corrected chi connectivity index (χ3v) is 7.89. The first-order valence-corrected chi connectivity index (χ1v) is 22.7. The Morgan fingerprint density at radius 3 is 0.967 bits per heavy atom. The van der Waals surface area contributed by atoms with Crippen LogP contribution in [0.5, 0.6) is 0 Å². The van der Waals surface area contributed by atoms with Crippen molar-refractivity contribution >= 4 is 0 Å². The van der Waals surface area contributed by atoms with Gasteiger partial charge in [-0.15, -0.1) is 6.92 Å². The Kier molecular flexibility index (Phi) is 109. The number of hydrogen-bond acceptors (Lipinski definition) is 3. The average Bonchev–Trinajstić information content (AvgIpc) is 3.27. The number of allylic oxidation sites excluding steroid dienone is 2. The van der Waals surface area contributed by atoms with Gasteiger partial charge in [-0.2, -0.15) is 15.8 Å². The molecule has 0 bridgehead atoms. The first-order chi connectivity index (χ1) is 29.2. The van der Waals surface area contributed by atoms with Gasteiger partial charge in [0.1, 0.15) is 0 Å². The van der Waals surface area contributed by atoms with E-state index in [9.17, 15) is 0 Å². The predicted octanol–water partition coefficient (Wildman–Crippen LogP) is 18.6. The number of unbranched alkanes of at least 4 members (excludes halogenated alkanes) is 3. The van der Waals surface area contributed by atoms with Gasteiger partial charge in [0, 0.05) is 31.4 Å². The lowest BCUT2D eigenvalue weighted by Gasteiger charge is -2.10. The molecule has 8 heteroatoms. The summed E-state index contributed by atoms with van der Waals surface area (Å²) in [5, 5.41) is 23.4. The van der Waals surface area contributed by atoms with Crippen LogP contribution < -0.4 is 0 Å². The quantitative estimate of drug-likeness (QED) is 0.0851. The summed E-state index contributed by atoms with van der Waals surface area (Å²) in [6.07, 6.45) is 24.0. The monoisotopic (exact) mass is 841 g/mol. The highest BCUT2D eigenvalue weighted by molar-refractivity contribution is 4.94. The van der Waals surface area contributed by atoms with Gasteiger partial charge >= 0.3 is 0 Å². The van der Waals surface area contributed by atoms with Gasteiger partial charge < -0.3 is 24.2 Å². The van der Waals surface area contributed by atoms with Crippen LogP contribution in [-0.2, 0) is 0 Å². The molecule has 4 unspecified atom stereocenters. The fourth-order valence-corrected chi connectivity index (χ4v) is 4.42. The minimum atomic E-state index is 0.0706. The molecule has 0 aromatic rings. The highest BCUT2D eigenvalue weighted by Crippen LogP contribution is 2.18. The SMILES string of the molecule is C=CC#N.C=CC#N.CCCC.CCCCC.[C-]#[N+][C@@H](CCC#N)CC(C)CCC.[C-]#[N+][CH-]C.[C-]#[N+][CH-]CC(C)CCC.[C-]#[N+][CH-]CC(C)CCC.[C-]#[N+][CH-]CC(C)CCC. The Morgan fingerprint density at radius 1 is 0.508 bits per heavy atom. The van der Waals surface area contributed by atoms with Gasteiger partial charge in [0.2, 0.25) is 6.04 Å². The van der Waals surface area contributed by atoms with Crippen molar-refractivity contribution in [2.24, 2.45) is 23.7 Å². The smallest absolute Gasteiger partial charge is 0.225 e. The molecule has 8 nitrogen and oxygen atoms in total. The van der Waals surface area contributed by atoms with Crippen molar-refractivity contribution in [1.29, 1.82) is 15.8 Å². The molecule has 0 aliphatic carbocycles. The van der Waals surface area contributed by atoms with E-state index in [0.29, 0.717) is 30.1 Å². The first kappa shape index (κ1) is 76.6. The lowest BCUT2D eigenvalue weighted by molar-refractivity contribution is 0.448. The van der Waals surface area contributed by atoms with Gasteiger partial charge in [0.15, 0.2) is 0 Å². The summed E-state index contributed by atoms with van der Waals surface area (Å²) >= 11 is 0. The molecule has 0 aliphatic rings. The summed E-state index contributed by atoms with van der Waals surface area (Å²) in [7, 11) is 0. The molecule has 0 fully saturated rings. The van der Waals surface area contributed by atoms with E-state index in [1.165, 1.54) is 102 Å². The predicted molar refractivity (Wildman–Crippen MR) is 267 cm³/mol. The Bertz CT molecular complexity index is 1070. The Balaban J connectivity index is -0.0000000738. The number of nitrogens with zero attached hydrogens (tertiary/aromatic N) is 8. The van der Waals surface area contributed by atoms with Crippen molar-refractivity contribution in [3.05, 3.63) is 109 Å². The summed E-state index contributed by atoms with van der Waals surface area (Å²) in [6, 6.07) is 5.55. The van der Waals surface area contributed by atoms with Crippen LogP contribution in [0, 0.1) is 117 Å². The van der Waals surface area contributed by atoms with E-state index in [4.69, 9.17) is 48.6 Å². The number of rotatable bonds is 21. The van der Waals surface area contributed by atoms with E-state index in [1.54, 1.807) is 38.7 Å². The number of nitriles is 3. The van der Waals surface area contributed by atoms with Crippen molar-refractivity contribution < 1.29 is 0 Å². The average molecular weight is 841 g/mol. The summed E-state index contributed by atoms with van der Waals surface area (Å²) in [5.74, 6) is 2.72. The second-order valence-electron chi connectivity index (χ2n) is 14.3. The molecule has 0 radical (unpaired) electrons. The van der Waals surface area contributed by atoms with Crippen molar-refractivity contribution in [2.75, 3.05) is 0 Å². The first-order valence-electron chi connectivity index (χ1n) is 22.7. The molecule has 5 atom stereocenters. The van der Waals surface area contributed by atoms with Crippen LogP contribution in [0.3, 0.4) is 0 Å². The van der Waals surface area contributed by atoms with E-state index in [2.05, 4.69) is 127 Å². The maximum Gasteiger partial charge on any atom is 0.225 e. The standard InChI is InChI=1S/C11H18N2.3C8H14N.C5H12.C4H10.C3H4N.2C3H3N/c1-4-6-10(2)9-11(13-3)7-5-8-12;3*1-4-5-8(2)6-7-9-3;1-3-5-4-2;2*1-3-4-2;2*1-2-3-4/h10-11H,4-7,9H2,1-2H3;3*7-8H,4-6H2,1-2H3;3-5H2,1-2H3;3-4H2,1-2H3;3H,1H3;2*2H,1H2/q;3*-1;;;-1;;/t10?,11-;;;;;;;;/m0......../s1. The molecule has 0 amide bonds. The molecule has 61 heavy (non-hydrogen) atoms. The van der Waals surface area contributed by atoms with E-state index >= 15 is 0 Å². The lowest BCUT2D eigenvalue weighted by Crippen LogP contribution is -2.07. The molecule has 0 N–H and O–H groups in total. The minimum absolute atomic E-state index is 0.0706. The minimum Gasteiger partial charge on any atom is -0.462 e. The van der Waals surface area contributed by atoms with Gasteiger partial charge in [-0.3, -0.25) is 26.3 Å². The molecule has 0 saturated carbocycles. The van der Waals surface area contributed by atoms with Crippen LogP contribution in [0.4, 0.5) is 0 Å². The van der Waals surface area contributed by atoms with Crippen molar-refractivity contribution in [3.63, 3.8) is 0 Å². The molecule has 0 spiro atoms. The van der Waals surface area contributed by atoms with E-state index in [-0.39, 0.29) is 6.04 Å². The van der Waals surface area contributed by atoms with Crippen LogP contribution in [0.2, 0.25) is 0 Å². The van der Waals surface area contributed by atoms with E-state index < -0.39 is 0 Å². The molecule has 0 aromatic heterocycles. The van der Waals surface area contributed by atoms with E-state index in [1.807, 2.05) is 0 Å². The van der Waals surface area contributed by atoms with Gasteiger partial charge in [-0.25, -0.2) is 6.57 Å². The molecule has 0 saturated heterocycles. The van der Waals surface area contributed by atoms with Gasteiger partial charge in [0.25, 0.3) is 0 Å². The van der Waals surface area contributed by atoms with Crippen molar-refractivity contribution in [1.82, 2.24) is 0 Å². The van der Waals surface area contributed by atoms with Crippen LogP contribution in [0.15, 0.2) is 25.3 Å². The van der Waals surface area contributed by atoms with Gasteiger partial charge in [-0.1, -0.05) is 217 Å². The van der Waals surface area contributed by atoms with Crippen LogP contribution in [0.25, 0.3) is 24.2 Å². The van der Waals surface area contributed by atoms with Crippen LogP contribution >= 0.6 is 0 Å². The van der Waals surface area contributed by atoms with Gasteiger partial charge in [0.05, 0.1) is 18.2 Å². The summed E-state index contributed by atoms with van der Waals surface area (Å²) in [5.41, 5.74) is 0. The van der Waals surface area contributed by atoms with Crippen molar-refractivity contribution in [2.45, 2.75) is 218 Å². The maximum absolute atomic E-state index is 8.40. The third kappa shape index (κ3) is 126. The maximum atomic E-state index is 8.40. The highest BCUT2D eigenvalue weighted by atomic mass is 14.7. The van der Waals surface area contributed by atoms with E-state index in [0.717, 1.165) is 32.1 Å². The highest BCUT2D eigenvalue weighted by Gasteiger charge is 2.15. The zero-order valence-electron chi connectivity index (χ0n) is 41.8. The van der Waals surface area contributed by atoms with Crippen LogP contribution in [0.1, 0.15) is 212 Å². The second kappa shape index (κ2) is 86.6. The zero-order valence-corrected chi connectivity index (χ0v) is 41.8. The Hall–Kier alpha value is -5.12. The molecule has 0 aromatic carbocycles. The lowest BCUT2D eigenvalue weighted by atomic mass is 9.95. The van der Waals surface area contributed by atoms with Crippen molar-refractivity contribution in [3.8, 4) is 18.2 Å². The molecular weight excluding hydrogens is 749 g/mol. The van der Waals surface area contributed by atoms with Crippen LogP contribution in [-0.4, -0.2) is 6.04 Å². The Labute approximate surface area is 383 Å². The molecule has 0 heterocycles. The molecule has 0 rings (SSSR count). The summed E-state index contributed by atoms with van der Waals surface area (Å²) < 4.78 is 0. The Morgan fingerprint density at radius 2 is 0.803 bits per heavy atom. The molecule has 0 aliphatic heterocycles. The zero-order chi connectivity index (χ0) is 49.2. The normalized spacial score (nSPS) is 10.3. The largest absolute Gasteiger partial charge is 0.462 e. The second-order valence-corrected chi connectivity index (χ2v) is 14.3. The third-order valence-electron chi connectivity index (χ3n) is 7.89. The van der Waals surface area contributed by atoms with Gasteiger partial charge in [-0.05, 0) is 32.1 Å². The fraction of sp³-hybridized carbons (Fsp3) is 0.698. The number of hydrogen-bond donors (Lipinski definition) is 0. The molecular formula is C53H92N8-4. The fourth-order valence-electron chi connectivity index (χ4n) is 4.42. The molecule has 348 valence electrons. The topological polar surface area (TPSA) is 93.2 Å².